The Morgan fingerprint density at radius 1 is 1.40 bits per heavy atom. The molecule has 1 aliphatic rings. The number of carbonyl (C=O) groups excluding carboxylic acids is 1. The Morgan fingerprint density at radius 3 is 2.76 bits per heavy atom. The molecular weight excluding hydrogens is 342 g/mol. The summed E-state index contributed by atoms with van der Waals surface area (Å²) in [6.07, 6.45) is 0.372. The summed E-state index contributed by atoms with van der Waals surface area (Å²) in [7, 11) is -2.09. The first-order valence-electron chi connectivity index (χ1n) is 8.50. The average Bonchev–Trinajstić information content (AvgIpc) is 2.61. The number of hydrogen-bond donors (Lipinski definition) is 2. The van der Waals surface area contributed by atoms with Gasteiger partial charge in [-0.1, -0.05) is 6.92 Å². The molecule has 2 unspecified atom stereocenters. The first kappa shape index (κ1) is 19.7. The summed E-state index contributed by atoms with van der Waals surface area (Å²) in [5.74, 6) is 0.456. The van der Waals surface area contributed by atoms with E-state index in [1.807, 2.05) is 13.8 Å². The van der Waals surface area contributed by atoms with Crippen LogP contribution in [0.2, 0.25) is 0 Å². The van der Waals surface area contributed by atoms with Gasteiger partial charge in [-0.05, 0) is 32.0 Å². The fourth-order valence-corrected chi connectivity index (χ4v) is 4.63. The lowest BCUT2D eigenvalue weighted by molar-refractivity contribution is -0.120. The van der Waals surface area contributed by atoms with Crippen LogP contribution in [-0.2, 0) is 21.4 Å². The second-order valence-electron chi connectivity index (χ2n) is 6.20. The molecule has 0 bridgehead atoms. The van der Waals surface area contributed by atoms with Crippen molar-refractivity contribution in [2.45, 2.75) is 50.7 Å². The zero-order valence-corrected chi connectivity index (χ0v) is 16.0. The van der Waals surface area contributed by atoms with Gasteiger partial charge in [0.1, 0.15) is 5.75 Å². The first-order valence-corrected chi connectivity index (χ1v) is 9.94. The zero-order valence-electron chi connectivity index (χ0n) is 15.2. The Kier molecular flexibility index (Phi) is 6.42. The molecule has 1 aromatic rings. The van der Waals surface area contributed by atoms with Gasteiger partial charge in [0, 0.05) is 43.7 Å². The maximum Gasteiger partial charge on any atom is 0.243 e. The van der Waals surface area contributed by atoms with Gasteiger partial charge in [-0.3, -0.25) is 4.79 Å². The quantitative estimate of drug-likeness (QED) is 0.784. The molecular formula is C17H27N3O4S. The predicted octanol–water partition coefficient (Wildman–Crippen LogP) is 1.09. The normalized spacial score (nSPS) is 21.8. The van der Waals surface area contributed by atoms with Crippen LogP contribution in [0.4, 0.5) is 0 Å². The highest BCUT2D eigenvalue weighted by Gasteiger charge is 2.34. The molecule has 0 aromatic heterocycles. The average molecular weight is 369 g/mol. The highest BCUT2D eigenvalue weighted by molar-refractivity contribution is 7.89. The van der Waals surface area contributed by atoms with Crippen LogP contribution in [0.1, 0.15) is 32.8 Å². The molecule has 1 heterocycles. The SMILES string of the molecule is CCC(=O)NCc1cc(S(=O)(=O)N2CCNC(C)C2C)ccc1OC. The summed E-state index contributed by atoms with van der Waals surface area (Å²) < 4.78 is 32.9. The molecule has 7 nitrogen and oxygen atoms in total. The monoisotopic (exact) mass is 369 g/mol. The summed E-state index contributed by atoms with van der Waals surface area (Å²) in [4.78, 5) is 11.7. The number of nitrogens with one attached hydrogen (secondary N) is 2. The first-order chi connectivity index (χ1) is 11.8. The van der Waals surface area contributed by atoms with Crippen molar-refractivity contribution in [3.8, 4) is 5.75 Å². The number of carbonyl (C=O) groups is 1. The van der Waals surface area contributed by atoms with E-state index >= 15 is 0 Å². The third-order valence-electron chi connectivity index (χ3n) is 4.63. The van der Waals surface area contributed by atoms with E-state index in [0.717, 1.165) is 0 Å². The van der Waals surface area contributed by atoms with E-state index < -0.39 is 10.0 Å². The highest BCUT2D eigenvalue weighted by Crippen LogP contribution is 2.26. The second-order valence-corrected chi connectivity index (χ2v) is 8.09. The van der Waals surface area contributed by atoms with Crippen LogP contribution < -0.4 is 15.4 Å². The molecule has 2 atom stereocenters. The van der Waals surface area contributed by atoms with E-state index in [2.05, 4.69) is 10.6 Å². The minimum absolute atomic E-state index is 0.0880. The number of rotatable bonds is 6. The molecule has 2 N–H and O–H groups in total. The summed E-state index contributed by atoms with van der Waals surface area (Å²) in [6.45, 7) is 6.93. The van der Waals surface area contributed by atoms with Crippen LogP contribution in [-0.4, -0.2) is 50.9 Å². The predicted molar refractivity (Wildman–Crippen MR) is 96.0 cm³/mol. The molecule has 1 amide bonds. The molecule has 0 radical (unpaired) electrons. The highest BCUT2D eigenvalue weighted by atomic mass is 32.2. The molecule has 0 spiro atoms. The topological polar surface area (TPSA) is 87.7 Å². The van der Waals surface area contributed by atoms with Gasteiger partial charge in [-0.2, -0.15) is 4.31 Å². The maximum absolute atomic E-state index is 13.1. The minimum Gasteiger partial charge on any atom is -0.496 e. The lowest BCUT2D eigenvalue weighted by Gasteiger charge is -2.37. The summed E-state index contributed by atoms with van der Waals surface area (Å²) in [6, 6.07) is 4.73. The molecule has 25 heavy (non-hydrogen) atoms. The molecule has 0 aliphatic carbocycles. The number of hydrogen-bond acceptors (Lipinski definition) is 5. The summed E-state index contributed by atoms with van der Waals surface area (Å²) >= 11 is 0. The Morgan fingerprint density at radius 2 is 2.12 bits per heavy atom. The van der Waals surface area contributed by atoms with E-state index in [0.29, 0.717) is 30.8 Å². The van der Waals surface area contributed by atoms with Gasteiger partial charge >= 0.3 is 0 Å². The summed E-state index contributed by atoms with van der Waals surface area (Å²) in [5, 5.41) is 6.04. The Bertz CT molecular complexity index is 721. The fourth-order valence-electron chi connectivity index (χ4n) is 2.87. The Hall–Kier alpha value is -1.64. The van der Waals surface area contributed by atoms with Crippen molar-refractivity contribution < 1.29 is 17.9 Å². The molecule has 1 aromatic carbocycles. The number of methoxy groups -OCH3 is 1. The number of sulfonamides is 1. The van der Waals surface area contributed by atoms with Gasteiger partial charge in [0.25, 0.3) is 0 Å². The van der Waals surface area contributed by atoms with E-state index in [1.54, 1.807) is 25.1 Å². The number of piperazine rings is 1. The van der Waals surface area contributed by atoms with Gasteiger partial charge < -0.3 is 15.4 Å². The fraction of sp³-hybridized carbons (Fsp3) is 0.588. The van der Waals surface area contributed by atoms with E-state index in [9.17, 15) is 13.2 Å². The Labute approximate surface area is 149 Å². The second kappa shape index (κ2) is 8.16. The lowest BCUT2D eigenvalue weighted by atomic mass is 10.1. The number of nitrogens with zero attached hydrogens (tertiary/aromatic N) is 1. The maximum atomic E-state index is 13.1. The molecule has 1 fully saturated rings. The molecule has 1 saturated heterocycles. The molecule has 2 rings (SSSR count). The van der Waals surface area contributed by atoms with Crippen molar-refractivity contribution in [1.29, 1.82) is 0 Å². The standard InChI is InChI=1S/C17H27N3O4S/c1-5-17(21)19-11-14-10-15(6-7-16(14)24-4)25(22,23)20-9-8-18-12(2)13(20)3/h6-7,10,12-13,18H,5,8-9,11H2,1-4H3,(H,19,21). The van der Waals surface area contributed by atoms with Crippen LogP contribution in [0.3, 0.4) is 0 Å². The van der Waals surface area contributed by atoms with Crippen molar-refractivity contribution in [2.75, 3.05) is 20.2 Å². The van der Waals surface area contributed by atoms with Gasteiger partial charge in [-0.25, -0.2) is 8.42 Å². The van der Waals surface area contributed by atoms with Gasteiger partial charge in [0.2, 0.25) is 15.9 Å². The number of benzene rings is 1. The van der Waals surface area contributed by atoms with Crippen molar-refractivity contribution in [1.82, 2.24) is 14.9 Å². The Balaban J connectivity index is 2.32. The molecule has 1 aliphatic heterocycles. The van der Waals surface area contributed by atoms with Gasteiger partial charge in [0.15, 0.2) is 0 Å². The number of amides is 1. The lowest BCUT2D eigenvalue weighted by Crippen LogP contribution is -2.57. The van der Waals surface area contributed by atoms with Crippen molar-refractivity contribution in [2.24, 2.45) is 0 Å². The van der Waals surface area contributed by atoms with E-state index in [1.165, 1.54) is 11.4 Å². The van der Waals surface area contributed by atoms with Crippen LogP contribution in [0, 0.1) is 0 Å². The smallest absolute Gasteiger partial charge is 0.243 e. The number of ether oxygens (including phenoxy) is 1. The van der Waals surface area contributed by atoms with Crippen LogP contribution in [0.5, 0.6) is 5.75 Å². The van der Waals surface area contributed by atoms with Crippen LogP contribution in [0.15, 0.2) is 23.1 Å². The van der Waals surface area contributed by atoms with Crippen LogP contribution >= 0.6 is 0 Å². The van der Waals surface area contributed by atoms with Crippen molar-refractivity contribution in [3.63, 3.8) is 0 Å². The van der Waals surface area contributed by atoms with Crippen LogP contribution in [0.25, 0.3) is 0 Å². The van der Waals surface area contributed by atoms with Crippen molar-refractivity contribution in [3.05, 3.63) is 23.8 Å². The van der Waals surface area contributed by atoms with E-state index in [4.69, 9.17) is 4.74 Å². The molecule has 0 saturated carbocycles. The zero-order chi connectivity index (χ0) is 18.6. The van der Waals surface area contributed by atoms with E-state index in [-0.39, 0.29) is 29.4 Å². The minimum atomic E-state index is -3.61. The van der Waals surface area contributed by atoms with Gasteiger partial charge in [0.05, 0.1) is 12.0 Å². The largest absolute Gasteiger partial charge is 0.496 e. The third-order valence-corrected chi connectivity index (χ3v) is 6.61. The third kappa shape index (κ3) is 4.31. The van der Waals surface area contributed by atoms with Gasteiger partial charge in [-0.15, -0.1) is 0 Å². The summed E-state index contributed by atoms with van der Waals surface area (Å²) in [5.41, 5.74) is 0.640. The van der Waals surface area contributed by atoms with Crippen molar-refractivity contribution >= 4 is 15.9 Å². The molecule has 140 valence electrons. The molecule has 8 heteroatoms.